The Kier molecular flexibility index (Phi) is 5.78. The normalized spacial score (nSPS) is 12.8. The average Bonchev–Trinajstić information content (AvgIpc) is 2.28. The van der Waals surface area contributed by atoms with Crippen LogP contribution in [0, 0.1) is 0 Å². The van der Waals surface area contributed by atoms with E-state index in [2.05, 4.69) is 71.6 Å². The van der Waals surface area contributed by atoms with Crippen molar-refractivity contribution in [1.29, 1.82) is 0 Å². The fourth-order valence-electron chi connectivity index (χ4n) is 1.66. The van der Waals surface area contributed by atoms with E-state index in [1.54, 1.807) is 0 Å². The summed E-state index contributed by atoms with van der Waals surface area (Å²) in [5, 5.41) is 0. The Hall–Kier alpha value is -0.600. The number of halogens is 1. The van der Waals surface area contributed by atoms with Crippen molar-refractivity contribution in [2.45, 2.75) is 32.9 Å². The maximum absolute atomic E-state index is 3.93. The molecule has 0 radical (unpaired) electrons. The lowest BCUT2D eigenvalue weighted by atomic mass is 10.1. The van der Waals surface area contributed by atoms with Crippen LogP contribution >= 0.6 is 15.9 Å². The van der Waals surface area contributed by atoms with Gasteiger partial charge in [0.05, 0.1) is 0 Å². The fraction of sp³-hybridized carbons (Fsp3) is 0.429. The van der Waals surface area contributed by atoms with Gasteiger partial charge in [0.1, 0.15) is 0 Å². The van der Waals surface area contributed by atoms with Crippen LogP contribution in [0.3, 0.4) is 0 Å². The molecule has 0 aliphatic carbocycles. The highest BCUT2D eigenvalue weighted by molar-refractivity contribution is 9.11. The van der Waals surface area contributed by atoms with Gasteiger partial charge in [0, 0.05) is 23.6 Å². The lowest BCUT2D eigenvalue weighted by molar-refractivity contribution is 0.216. The number of nitrogens with zero attached hydrogens (tertiary/aromatic N) is 1. The van der Waals surface area contributed by atoms with Crippen molar-refractivity contribution in [2.24, 2.45) is 0 Å². The highest BCUT2D eigenvalue weighted by Crippen LogP contribution is 2.14. The molecule has 1 nitrogen and oxygen atoms in total. The fourth-order valence-corrected chi connectivity index (χ4v) is 1.99. The molecule has 0 saturated carbocycles. The maximum atomic E-state index is 3.93. The second-order valence-electron chi connectivity index (χ2n) is 4.17. The second-order valence-corrected chi connectivity index (χ2v) is 5.29. The molecular weight excluding hydrogens is 262 g/mol. The Morgan fingerprint density at radius 2 is 2.00 bits per heavy atom. The molecule has 0 spiro atoms. The van der Waals surface area contributed by atoms with E-state index < -0.39 is 0 Å². The predicted octanol–water partition coefficient (Wildman–Crippen LogP) is 4.20. The van der Waals surface area contributed by atoms with Gasteiger partial charge in [-0.1, -0.05) is 59.8 Å². The van der Waals surface area contributed by atoms with Crippen molar-refractivity contribution in [3.8, 4) is 0 Å². The first kappa shape index (κ1) is 13.5. The van der Waals surface area contributed by atoms with Crippen molar-refractivity contribution in [3.05, 3.63) is 47.0 Å². The number of rotatable bonds is 6. The Balaban J connectivity index is 2.67. The van der Waals surface area contributed by atoms with Gasteiger partial charge in [-0.25, -0.2) is 0 Å². The van der Waals surface area contributed by atoms with Gasteiger partial charge in [-0.2, -0.15) is 0 Å². The highest BCUT2D eigenvalue weighted by atomic mass is 79.9. The average molecular weight is 282 g/mol. The first-order valence-electron chi connectivity index (χ1n) is 5.74. The summed E-state index contributed by atoms with van der Waals surface area (Å²) in [6, 6.07) is 11.2. The SMILES string of the molecule is C=C(Br)CN(Cc1ccccc1)C(C)CC. The molecule has 2 heteroatoms. The molecular formula is C14H20BrN. The third-order valence-electron chi connectivity index (χ3n) is 2.82. The molecule has 1 aromatic rings. The Labute approximate surface area is 107 Å². The molecule has 1 atom stereocenters. The lowest BCUT2D eigenvalue weighted by Gasteiger charge is -2.28. The van der Waals surface area contributed by atoms with Crippen molar-refractivity contribution >= 4 is 15.9 Å². The van der Waals surface area contributed by atoms with E-state index in [0.29, 0.717) is 6.04 Å². The van der Waals surface area contributed by atoms with E-state index in [-0.39, 0.29) is 0 Å². The van der Waals surface area contributed by atoms with E-state index >= 15 is 0 Å². The number of benzene rings is 1. The summed E-state index contributed by atoms with van der Waals surface area (Å²) < 4.78 is 1.05. The van der Waals surface area contributed by atoms with E-state index in [4.69, 9.17) is 0 Å². The summed E-state index contributed by atoms with van der Waals surface area (Å²) in [5.41, 5.74) is 1.36. The molecule has 0 aliphatic heterocycles. The van der Waals surface area contributed by atoms with Crippen molar-refractivity contribution in [3.63, 3.8) is 0 Å². The Bertz CT molecular complexity index is 321. The van der Waals surface area contributed by atoms with Gasteiger partial charge in [-0.15, -0.1) is 0 Å². The topological polar surface area (TPSA) is 3.24 Å². The van der Waals surface area contributed by atoms with Gasteiger partial charge in [0.2, 0.25) is 0 Å². The minimum Gasteiger partial charge on any atom is -0.292 e. The molecule has 0 fully saturated rings. The molecule has 1 unspecified atom stereocenters. The van der Waals surface area contributed by atoms with Crippen LogP contribution in [-0.4, -0.2) is 17.5 Å². The van der Waals surface area contributed by atoms with E-state index in [0.717, 1.165) is 24.0 Å². The summed E-state index contributed by atoms with van der Waals surface area (Å²) >= 11 is 3.45. The van der Waals surface area contributed by atoms with Gasteiger partial charge in [-0.05, 0) is 18.9 Å². The van der Waals surface area contributed by atoms with Crippen LogP contribution in [-0.2, 0) is 6.54 Å². The van der Waals surface area contributed by atoms with Gasteiger partial charge >= 0.3 is 0 Å². The molecule has 1 aromatic carbocycles. The standard InChI is InChI=1S/C14H20BrN/c1-4-13(3)16(10-12(2)15)11-14-8-6-5-7-9-14/h5-9,13H,2,4,10-11H2,1,3H3. The van der Waals surface area contributed by atoms with E-state index in [1.807, 2.05) is 0 Å². The minimum atomic E-state index is 0.578. The summed E-state index contributed by atoms with van der Waals surface area (Å²) in [7, 11) is 0. The molecule has 0 saturated heterocycles. The molecule has 88 valence electrons. The zero-order valence-corrected chi connectivity index (χ0v) is 11.7. The Morgan fingerprint density at radius 1 is 1.38 bits per heavy atom. The van der Waals surface area contributed by atoms with Crippen LogP contribution < -0.4 is 0 Å². The molecule has 16 heavy (non-hydrogen) atoms. The predicted molar refractivity (Wildman–Crippen MR) is 74.7 cm³/mol. The monoisotopic (exact) mass is 281 g/mol. The number of hydrogen-bond acceptors (Lipinski definition) is 1. The zero-order chi connectivity index (χ0) is 12.0. The first-order chi connectivity index (χ1) is 7.63. The van der Waals surface area contributed by atoms with Crippen LogP contribution in [0.4, 0.5) is 0 Å². The third-order valence-corrected chi connectivity index (χ3v) is 3.07. The van der Waals surface area contributed by atoms with Crippen molar-refractivity contribution < 1.29 is 0 Å². The van der Waals surface area contributed by atoms with E-state index in [9.17, 15) is 0 Å². The quantitative estimate of drug-likeness (QED) is 0.756. The summed E-state index contributed by atoms with van der Waals surface area (Å²) in [6.45, 7) is 10.3. The molecule has 0 aliphatic rings. The van der Waals surface area contributed by atoms with E-state index in [1.165, 1.54) is 5.56 Å². The summed E-state index contributed by atoms with van der Waals surface area (Å²) in [5.74, 6) is 0. The van der Waals surface area contributed by atoms with Crippen LogP contribution in [0.25, 0.3) is 0 Å². The summed E-state index contributed by atoms with van der Waals surface area (Å²) in [6.07, 6.45) is 1.16. The molecule has 1 rings (SSSR count). The van der Waals surface area contributed by atoms with Crippen LogP contribution in [0.15, 0.2) is 41.4 Å². The smallest absolute Gasteiger partial charge is 0.0300 e. The molecule has 0 bridgehead atoms. The van der Waals surface area contributed by atoms with Crippen molar-refractivity contribution in [2.75, 3.05) is 6.54 Å². The molecule has 0 aromatic heterocycles. The number of hydrogen-bond donors (Lipinski definition) is 0. The minimum absolute atomic E-state index is 0.578. The van der Waals surface area contributed by atoms with Gasteiger partial charge < -0.3 is 0 Å². The molecule has 0 N–H and O–H groups in total. The van der Waals surface area contributed by atoms with Gasteiger partial charge in [0.15, 0.2) is 0 Å². The van der Waals surface area contributed by atoms with Crippen LogP contribution in [0.1, 0.15) is 25.8 Å². The molecule has 0 heterocycles. The second kappa shape index (κ2) is 6.87. The van der Waals surface area contributed by atoms with Gasteiger partial charge in [0.25, 0.3) is 0 Å². The van der Waals surface area contributed by atoms with Crippen LogP contribution in [0.2, 0.25) is 0 Å². The zero-order valence-electron chi connectivity index (χ0n) is 10.1. The van der Waals surface area contributed by atoms with Gasteiger partial charge in [-0.3, -0.25) is 4.90 Å². The van der Waals surface area contributed by atoms with Crippen LogP contribution in [0.5, 0.6) is 0 Å². The first-order valence-corrected chi connectivity index (χ1v) is 6.54. The third kappa shape index (κ3) is 4.50. The maximum Gasteiger partial charge on any atom is 0.0300 e. The lowest BCUT2D eigenvalue weighted by Crippen LogP contribution is -2.33. The van der Waals surface area contributed by atoms with Crippen molar-refractivity contribution in [1.82, 2.24) is 4.90 Å². The molecule has 0 amide bonds. The summed E-state index contributed by atoms with van der Waals surface area (Å²) in [4.78, 5) is 2.44. The Morgan fingerprint density at radius 3 is 2.50 bits per heavy atom. The highest BCUT2D eigenvalue weighted by Gasteiger charge is 2.12. The largest absolute Gasteiger partial charge is 0.292 e.